The van der Waals surface area contributed by atoms with Crippen LogP contribution >= 0.6 is 0 Å². The first-order valence-electron chi connectivity index (χ1n) is 15.2. The van der Waals surface area contributed by atoms with E-state index in [1.807, 2.05) is 127 Å². The van der Waals surface area contributed by atoms with Gasteiger partial charge in [-0.05, 0) is 52.1 Å². The Bertz CT molecular complexity index is 1620. The van der Waals surface area contributed by atoms with Crippen LogP contribution in [0.4, 0.5) is 0 Å². The fraction of sp³-hybridized carbons (Fsp3) is 0.179. The molecule has 45 heavy (non-hydrogen) atoms. The summed E-state index contributed by atoms with van der Waals surface area (Å²) >= 11 is 0. The van der Waals surface area contributed by atoms with Crippen LogP contribution in [0.25, 0.3) is 6.08 Å². The van der Waals surface area contributed by atoms with Crippen molar-refractivity contribution < 1.29 is 24.1 Å². The highest BCUT2D eigenvalue weighted by atomic mass is 16.5. The van der Waals surface area contributed by atoms with E-state index >= 15 is 0 Å². The average molecular weight is 600 g/mol. The molecule has 1 aliphatic rings. The summed E-state index contributed by atoms with van der Waals surface area (Å²) < 4.78 is 25.0. The van der Waals surface area contributed by atoms with Gasteiger partial charge in [-0.2, -0.15) is 0 Å². The Labute approximate surface area is 264 Å². The fourth-order valence-electron chi connectivity index (χ4n) is 5.10. The van der Waals surface area contributed by atoms with Crippen molar-refractivity contribution in [2.75, 3.05) is 19.7 Å². The molecule has 1 unspecified atom stereocenters. The Kier molecular flexibility index (Phi) is 10.1. The SMILES string of the molecule is OC(CNCC1=Cc2ccccc2OC1)c1cc(OCc2ccccc2)c(OCc2ccccc2)c(OCc2ccccc2)c1. The standard InChI is InChI=1S/C39H37NO5/c41-35(24-40-23-32-20-33-18-10-11-19-36(33)42-28-32)34-21-37(43-25-29-12-4-1-5-13-29)39(45-27-31-16-8-3-9-17-31)38(22-34)44-26-30-14-6-2-7-15-30/h1-22,35,40-41H,23-28H2. The van der Waals surface area contributed by atoms with Crippen molar-refractivity contribution in [1.82, 2.24) is 5.32 Å². The van der Waals surface area contributed by atoms with Crippen molar-refractivity contribution in [2.45, 2.75) is 25.9 Å². The van der Waals surface area contributed by atoms with E-state index in [0.717, 1.165) is 33.6 Å². The summed E-state index contributed by atoms with van der Waals surface area (Å²) in [6.07, 6.45) is 1.33. The summed E-state index contributed by atoms with van der Waals surface area (Å²) in [7, 11) is 0. The molecule has 0 fully saturated rings. The molecule has 0 radical (unpaired) electrons. The Morgan fingerprint density at radius 2 is 1.16 bits per heavy atom. The molecule has 0 spiro atoms. The molecular weight excluding hydrogens is 562 g/mol. The predicted octanol–water partition coefficient (Wildman–Crippen LogP) is 7.52. The largest absolute Gasteiger partial charge is 0.489 e. The third-order valence-corrected chi connectivity index (χ3v) is 7.51. The molecule has 0 saturated heterocycles. The second kappa shape index (κ2) is 15.1. The molecule has 2 N–H and O–H groups in total. The molecule has 0 saturated carbocycles. The molecule has 6 nitrogen and oxygen atoms in total. The quantitative estimate of drug-likeness (QED) is 0.138. The van der Waals surface area contributed by atoms with E-state index in [1.165, 1.54) is 0 Å². The van der Waals surface area contributed by atoms with E-state index in [9.17, 15) is 5.11 Å². The molecule has 228 valence electrons. The van der Waals surface area contributed by atoms with Gasteiger partial charge in [0.2, 0.25) is 5.75 Å². The average Bonchev–Trinajstić information content (AvgIpc) is 3.10. The number of fused-ring (bicyclic) bond motifs is 1. The molecule has 6 rings (SSSR count). The molecule has 5 aromatic carbocycles. The highest BCUT2D eigenvalue weighted by Gasteiger charge is 2.20. The predicted molar refractivity (Wildman–Crippen MR) is 177 cm³/mol. The third kappa shape index (κ3) is 8.32. The molecule has 5 aromatic rings. The molecule has 0 aromatic heterocycles. The zero-order valence-corrected chi connectivity index (χ0v) is 25.1. The molecule has 6 heteroatoms. The minimum atomic E-state index is -0.816. The molecule has 0 aliphatic carbocycles. The Balaban J connectivity index is 1.24. The fourth-order valence-corrected chi connectivity index (χ4v) is 5.10. The maximum Gasteiger partial charge on any atom is 0.203 e. The van der Waals surface area contributed by atoms with Crippen molar-refractivity contribution in [3.05, 3.63) is 161 Å². The minimum Gasteiger partial charge on any atom is -0.489 e. The number of aliphatic hydroxyl groups is 1. The maximum absolute atomic E-state index is 11.4. The van der Waals surface area contributed by atoms with Gasteiger partial charge >= 0.3 is 0 Å². The Hall–Kier alpha value is -5.04. The Morgan fingerprint density at radius 1 is 0.644 bits per heavy atom. The van der Waals surface area contributed by atoms with Crippen LogP contribution in [0, 0.1) is 0 Å². The van der Waals surface area contributed by atoms with Gasteiger partial charge in [0.1, 0.15) is 32.2 Å². The van der Waals surface area contributed by atoms with Gasteiger partial charge in [0.05, 0.1) is 6.10 Å². The summed E-state index contributed by atoms with van der Waals surface area (Å²) in [6, 6.07) is 41.6. The van der Waals surface area contributed by atoms with E-state index in [0.29, 0.717) is 62.3 Å². The number of ether oxygens (including phenoxy) is 4. The van der Waals surface area contributed by atoms with Gasteiger partial charge in [0.15, 0.2) is 11.5 Å². The number of aliphatic hydroxyl groups excluding tert-OH is 1. The lowest BCUT2D eigenvalue weighted by molar-refractivity contribution is 0.172. The normalized spacial score (nSPS) is 12.8. The van der Waals surface area contributed by atoms with E-state index in [-0.39, 0.29) is 0 Å². The summed E-state index contributed by atoms with van der Waals surface area (Å²) in [5, 5.41) is 14.7. The highest BCUT2D eigenvalue weighted by Crippen LogP contribution is 2.42. The number of para-hydroxylation sites is 1. The van der Waals surface area contributed by atoms with Gasteiger partial charge in [-0.15, -0.1) is 0 Å². The molecule has 1 aliphatic heterocycles. The minimum absolute atomic E-state index is 0.333. The van der Waals surface area contributed by atoms with Gasteiger partial charge < -0.3 is 29.4 Å². The molecular formula is C39H37NO5. The number of hydrogen-bond donors (Lipinski definition) is 2. The zero-order chi connectivity index (χ0) is 30.7. The number of nitrogens with one attached hydrogen (secondary N) is 1. The maximum atomic E-state index is 11.4. The van der Waals surface area contributed by atoms with Crippen LogP contribution in [0.5, 0.6) is 23.0 Å². The van der Waals surface area contributed by atoms with Crippen molar-refractivity contribution in [3.63, 3.8) is 0 Å². The summed E-state index contributed by atoms with van der Waals surface area (Å²) in [5.74, 6) is 2.41. The summed E-state index contributed by atoms with van der Waals surface area (Å²) in [5.41, 5.74) is 5.92. The van der Waals surface area contributed by atoms with E-state index in [4.69, 9.17) is 18.9 Å². The van der Waals surface area contributed by atoms with Crippen LogP contribution in [-0.4, -0.2) is 24.8 Å². The first-order chi connectivity index (χ1) is 22.2. The van der Waals surface area contributed by atoms with Crippen molar-refractivity contribution in [1.29, 1.82) is 0 Å². The molecule has 0 amide bonds. The second-order valence-electron chi connectivity index (χ2n) is 10.9. The summed E-state index contributed by atoms with van der Waals surface area (Å²) in [6.45, 7) is 2.47. The molecule has 0 bridgehead atoms. The van der Waals surface area contributed by atoms with Crippen LogP contribution in [0.15, 0.2) is 133 Å². The van der Waals surface area contributed by atoms with E-state index in [2.05, 4.69) is 11.4 Å². The van der Waals surface area contributed by atoms with Crippen LogP contribution < -0.4 is 24.3 Å². The first kappa shape index (κ1) is 30.0. The third-order valence-electron chi connectivity index (χ3n) is 7.51. The lowest BCUT2D eigenvalue weighted by Crippen LogP contribution is -2.26. The van der Waals surface area contributed by atoms with E-state index in [1.54, 1.807) is 0 Å². The second-order valence-corrected chi connectivity index (χ2v) is 10.9. The van der Waals surface area contributed by atoms with Gasteiger partial charge in [0, 0.05) is 18.7 Å². The van der Waals surface area contributed by atoms with Crippen molar-refractivity contribution in [2.24, 2.45) is 0 Å². The van der Waals surface area contributed by atoms with Crippen molar-refractivity contribution in [3.8, 4) is 23.0 Å². The smallest absolute Gasteiger partial charge is 0.203 e. The van der Waals surface area contributed by atoms with Crippen LogP contribution in [0.1, 0.15) is 33.9 Å². The van der Waals surface area contributed by atoms with Gasteiger partial charge in [0.25, 0.3) is 0 Å². The van der Waals surface area contributed by atoms with Gasteiger partial charge in [-0.25, -0.2) is 0 Å². The van der Waals surface area contributed by atoms with E-state index < -0.39 is 6.10 Å². The number of benzene rings is 5. The monoisotopic (exact) mass is 599 g/mol. The van der Waals surface area contributed by atoms with Crippen LogP contribution in [-0.2, 0) is 19.8 Å². The topological polar surface area (TPSA) is 69.2 Å². The van der Waals surface area contributed by atoms with Crippen LogP contribution in [0.3, 0.4) is 0 Å². The number of hydrogen-bond acceptors (Lipinski definition) is 6. The van der Waals surface area contributed by atoms with Gasteiger partial charge in [-0.3, -0.25) is 0 Å². The van der Waals surface area contributed by atoms with Crippen LogP contribution in [0.2, 0.25) is 0 Å². The Morgan fingerprint density at radius 3 is 1.73 bits per heavy atom. The number of rotatable bonds is 14. The highest BCUT2D eigenvalue weighted by molar-refractivity contribution is 5.62. The first-order valence-corrected chi connectivity index (χ1v) is 15.2. The lowest BCUT2D eigenvalue weighted by Gasteiger charge is -2.22. The zero-order valence-electron chi connectivity index (χ0n) is 25.1. The molecule has 1 heterocycles. The van der Waals surface area contributed by atoms with Crippen molar-refractivity contribution >= 4 is 6.08 Å². The lowest BCUT2D eigenvalue weighted by atomic mass is 10.1. The van der Waals surface area contributed by atoms with Gasteiger partial charge in [-0.1, -0.05) is 109 Å². The molecule has 1 atom stereocenters. The summed E-state index contributed by atoms with van der Waals surface area (Å²) in [4.78, 5) is 0.